The van der Waals surface area contributed by atoms with Gasteiger partial charge in [0.2, 0.25) is 0 Å². The molecule has 0 aromatic heterocycles. The number of rotatable bonds is 0. The molecule has 1 atom stereocenters. The van der Waals surface area contributed by atoms with Crippen LogP contribution in [0.4, 0.5) is 5.69 Å². The second-order valence-electron chi connectivity index (χ2n) is 5.20. The summed E-state index contributed by atoms with van der Waals surface area (Å²) in [5.74, 6) is 0.976. The summed E-state index contributed by atoms with van der Waals surface area (Å²) < 4.78 is 5.71. The predicted molar refractivity (Wildman–Crippen MR) is 63.4 cm³/mol. The van der Waals surface area contributed by atoms with Gasteiger partial charge in [0, 0.05) is 12.5 Å². The molecule has 82 valence electrons. The zero-order valence-corrected chi connectivity index (χ0v) is 9.71. The maximum absolute atomic E-state index is 5.71. The van der Waals surface area contributed by atoms with Crippen LogP contribution in [-0.2, 0) is 0 Å². The summed E-state index contributed by atoms with van der Waals surface area (Å²) in [4.78, 5) is 0. The maximum Gasteiger partial charge on any atom is 0.142 e. The molecule has 1 aromatic carbocycles. The molecule has 0 fully saturated rings. The molecule has 0 saturated carbocycles. The Bertz CT molecular complexity index is 341. The second kappa shape index (κ2) is 3.76. The normalized spacial score (nSPS) is 20.9. The van der Waals surface area contributed by atoms with E-state index in [0.29, 0.717) is 6.04 Å². The van der Waals surface area contributed by atoms with E-state index in [9.17, 15) is 0 Å². The van der Waals surface area contributed by atoms with E-state index in [1.807, 2.05) is 18.2 Å². The van der Waals surface area contributed by atoms with Crippen molar-refractivity contribution in [3.63, 3.8) is 0 Å². The summed E-state index contributed by atoms with van der Waals surface area (Å²) >= 11 is 0. The van der Waals surface area contributed by atoms with Gasteiger partial charge in [-0.2, -0.15) is 0 Å². The fourth-order valence-electron chi connectivity index (χ4n) is 1.91. The Morgan fingerprint density at radius 2 is 2.00 bits per heavy atom. The fourth-order valence-corrected chi connectivity index (χ4v) is 1.91. The summed E-state index contributed by atoms with van der Waals surface area (Å²) in [6.07, 6.45) is 1.05. The Balaban J connectivity index is 2.25. The van der Waals surface area contributed by atoms with Gasteiger partial charge in [0.15, 0.2) is 0 Å². The average molecular weight is 205 g/mol. The third-order valence-corrected chi connectivity index (χ3v) is 2.93. The van der Waals surface area contributed by atoms with Crippen molar-refractivity contribution in [2.45, 2.75) is 33.2 Å². The van der Waals surface area contributed by atoms with Crippen LogP contribution < -0.4 is 10.1 Å². The largest absolute Gasteiger partial charge is 0.491 e. The van der Waals surface area contributed by atoms with Gasteiger partial charge in [-0.05, 0) is 17.5 Å². The van der Waals surface area contributed by atoms with Gasteiger partial charge in [-0.3, -0.25) is 0 Å². The van der Waals surface area contributed by atoms with Crippen molar-refractivity contribution in [2.24, 2.45) is 5.41 Å². The number of hydrogen-bond acceptors (Lipinski definition) is 2. The molecule has 1 heterocycles. The molecule has 1 aliphatic heterocycles. The van der Waals surface area contributed by atoms with E-state index < -0.39 is 0 Å². The lowest BCUT2D eigenvalue weighted by Gasteiger charge is -2.30. The van der Waals surface area contributed by atoms with Crippen LogP contribution in [0, 0.1) is 5.41 Å². The molecular weight excluding hydrogens is 186 g/mol. The summed E-state index contributed by atoms with van der Waals surface area (Å²) in [6, 6.07) is 8.63. The number of benzene rings is 1. The molecule has 1 N–H and O–H groups in total. The molecule has 0 amide bonds. The lowest BCUT2D eigenvalue weighted by atomic mass is 9.85. The molecule has 0 saturated heterocycles. The first-order valence-corrected chi connectivity index (χ1v) is 5.56. The lowest BCUT2D eigenvalue weighted by molar-refractivity contribution is 0.263. The summed E-state index contributed by atoms with van der Waals surface area (Å²) in [7, 11) is 0. The molecule has 1 unspecified atom stereocenters. The van der Waals surface area contributed by atoms with Gasteiger partial charge in [-0.1, -0.05) is 32.9 Å². The van der Waals surface area contributed by atoms with Gasteiger partial charge in [0.25, 0.3) is 0 Å². The monoisotopic (exact) mass is 205 g/mol. The van der Waals surface area contributed by atoms with Crippen LogP contribution in [0.2, 0.25) is 0 Å². The first-order chi connectivity index (χ1) is 7.07. The van der Waals surface area contributed by atoms with Crippen molar-refractivity contribution in [3.8, 4) is 5.75 Å². The first kappa shape index (κ1) is 10.3. The van der Waals surface area contributed by atoms with E-state index in [2.05, 4.69) is 32.2 Å². The van der Waals surface area contributed by atoms with E-state index in [-0.39, 0.29) is 5.41 Å². The Labute approximate surface area is 91.6 Å². The van der Waals surface area contributed by atoms with Crippen LogP contribution in [-0.4, -0.2) is 12.6 Å². The van der Waals surface area contributed by atoms with Crippen LogP contribution in [0.15, 0.2) is 24.3 Å². The maximum atomic E-state index is 5.71. The van der Waals surface area contributed by atoms with Crippen molar-refractivity contribution in [2.75, 3.05) is 11.9 Å². The molecule has 0 radical (unpaired) electrons. The minimum Gasteiger partial charge on any atom is -0.491 e. The van der Waals surface area contributed by atoms with Crippen LogP contribution >= 0.6 is 0 Å². The Hall–Kier alpha value is -1.18. The highest BCUT2D eigenvalue weighted by Crippen LogP contribution is 2.33. The molecule has 1 aliphatic rings. The zero-order valence-electron chi connectivity index (χ0n) is 9.71. The lowest BCUT2D eigenvalue weighted by Crippen LogP contribution is -2.34. The summed E-state index contributed by atoms with van der Waals surface area (Å²) in [5, 5.41) is 3.57. The van der Waals surface area contributed by atoms with Gasteiger partial charge < -0.3 is 10.1 Å². The smallest absolute Gasteiger partial charge is 0.142 e. The number of para-hydroxylation sites is 2. The molecule has 2 heteroatoms. The van der Waals surface area contributed by atoms with Crippen LogP contribution in [0.1, 0.15) is 27.2 Å². The third kappa shape index (κ3) is 2.25. The molecule has 15 heavy (non-hydrogen) atoms. The molecule has 0 bridgehead atoms. The van der Waals surface area contributed by atoms with Crippen molar-refractivity contribution in [1.82, 2.24) is 0 Å². The van der Waals surface area contributed by atoms with Gasteiger partial charge >= 0.3 is 0 Å². The fraction of sp³-hybridized carbons (Fsp3) is 0.538. The SMILES string of the molecule is CC(C)(C)C1CCOc2ccccc2N1. The molecular formula is C13H19NO. The quantitative estimate of drug-likeness (QED) is 0.701. The van der Waals surface area contributed by atoms with Crippen molar-refractivity contribution >= 4 is 5.69 Å². The van der Waals surface area contributed by atoms with Crippen LogP contribution in [0.5, 0.6) is 5.75 Å². The number of hydrogen-bond donors (Lipinski definition) is 1. The van der Waals surface area contributed by atoms with Crippen LogP contribution in [0.25, 0.3) is 0 Å². The topological polar surface area (TPSA) is 21.3 Å². The highest BCUT2D eigenvalue weighted by Gasteiger charge is 2.27. The number of ether oxygens (including phenoxy) is 1. The Morgan fingerprint density at radius 1 is 1.27 bits per heavy atom. The van der Waals surface area contributed by atoms with Gasteiger partial charge in [0.1, 0.15) is 5.75 Å². The van der Waals surface area contributed by atoms with Crippen LogP contribution in [0.3, 0.4) is 0 Å². The highest BCUT2D eigenvalue weighted by molar-refractivity contribution is 5.57. The molecule has 0 aliphatic carbocycles. The van der Waals surface area contributed by atoms with Crippen molar-refractivity contribution in [1.29, 1.82) is 0 Å². The average Bonchev–Trinajstić information content (AvgIpc) is 2.38. The first-order valence-electron chi connectivity index (χ1n) is 5.56. The number of anilines is 1. The van der Waals surface area contributed by atoms with Crippen molar-refractivity contribution in [3.05, 3.63) is 24.3 Å². The second-order valence-corrected chi connectivity index (χ2v) is 5.20. The zero-order chi connectivity index (χ0) is 10.9. The molecule has 2 rings (SSSR count). The summed E-state index contributed by atoms with van der Waals surface area (Å²) in [5.41, 5.74) is 1.38. The van der Waals surface area contributed by atoms with E-state index in [1.54, 1.807) is 0 Å². The van der Waals surface area contributed by atoms with Gasteiger partial charge in [-0.15, -0.1) is 0 Å². The Morgan fingerprint density at radius 3 is 2.73 bits per heavy atom. The number of nitrogens with one attached hydrogen (secondary N) is 1. The van der Waals surface area contributed by atoms with E-state index >= 15 is 0 Å². The minimum absolute atomic E-state index is 0.265. The predicted octanol–water partition coefficient (Wildman–Crippen LogP) is 3.30. The van der Waals surface area contributed by atoms with Gasteiger partial charge in [-0.25, -0.2) is 0 Å². The highest BCUT2D eigenvalue weighted by atomic mass is 16.5. The van der Waals surface area contributed by atoms with E-state index in [0.717, 1.165) is 24.5 Å². The minimum atomic E-state index is 0.265. The van der Waals surface area contributed by atoms with E-state index in [1.165, 1.54) is 0 Å². The number of fused-ring (bicyclic) bond motifs is 1. The van der Waals surface area contributed by atoms with E-state index in [4.69, 9.17) is 4.74 Å². The summed E-state index contributed by atoms with van der Waals surface area (Å²) in [6.45, 7) is 7.59. The molecule has 2 nitrogen and oxygen atoms in total. The van der Waals surface area contributed by atoms with Crippen molar-refractivity contribution < 1.29 is 4.74 Å². The third-order valence-electron chi connectivity index (χ3n) is 2.93. The standard InChI is InChI=1S/C13H19NO/c1-13(2,3)12-8-9-15-11-7-5-4-6-10(11)14-12/h4-7,12,14H,8-9H2,1-3H3. The Kier molecular flexibility index (Phi) is 2.59. The van der Waals surface area contributed by atoms with Gasteiger partial charge in [0.05, 0.1) is 12.3 Å². The molecule has 1 aromatic rings. The molecule has 0 spiro atoms.